The SMILES string of the molecule is Cn1cc(I)c(C(=O)N/N=C/c2ccc(Cl)cc2)n1. The fourth-order valence-electron chi connectivity index (χ4n) is 1.38. The number of hydrogen-bond acceptors (Lipinski definition) is 3. The molecule has 0 aliphatic rings. The topological polar surface area (TPSA) is 59.3 Å². The van der Waals surface area contributed by atoms with Crippen LogP contribution in [0.1, 0.15) is 16.1 Å². The van der Waals surface area contributed by atoms with Gasteiger partial charge in [0.25, 0.3) is 5.91 Å². The van der Waals surface area contributed by atoms with Crippen LogP contribution in [0.25, 0.3) is 0 Å². The molecule has 0 aliphatic heterocycles. The van der Waals surface area contributed by atoms with Gasteiger partial charge < -0.3 is 0 Å². The molecule has 0 radical (unpaired) electrons. The summed E-state index contributed by atoms with van der Waals surface area (Å²) in [5, 5.41) is 8.59. The number of aromatic nitrogens is 2. The molecule has 1 aromatic carbocycles. The highest BCUT2D eigenvalue weighted by atomic mass is 127. The average Bonchev–Trinajstić information content (AvgIpc) is 2.71. The van der Waals surface area contributed by atoms with E-state index in [0.29, 0.717) is 10.7 Å². The molecule has 0 fully saturated rings. The van der Waals surface area contributed by atoms with Crippen molar-refractivity contribution in [2.24, 2.45) is 12.1 Å². The van der Waals surface area contributed by atoms with Crippen LogP contribution in [0.2, 0.25) is 5.02 Å². The summed E-state index contributed by atoms with van der Waals surface area (Å²) in [4.78, 5) is 11.8. The fraction of sp³-hybridized carbons (Fsp3) is 0.0833. The van der Waals surface area contributed by atoms with E-state index in [1.54, 1.807) is 36.3 Å². The van der Waals surface area contributed by atoms with Gasteiger partial charge in [0.15, 0.2) is 5.69 Å². The molecule has 7 heteroatoms. The molecule has 2 aromatic rings. The van der Waals surface area contributed by atoms with Gasteiger partial charge in [-0.2, -0.15) is 10.2 Å². The van der Waals surface area contributed by atoms with Gasteiger partial charge >= 0.3 is 0 Å². The van der Waals surface area contributed by atoms with Gasteiger partial charge in [0.05, 0.1) is 9.78 Å². The number of hydrogen-bond donors (Lipinski definition) is 1. The number of nitrogens with zero attached hydrogens (tertiary/aromatic N) is 3. The van der Waals surface area contributed by atoms with Crippen LogP contribution in [0, 0.1) is 3.57 Å². The van der Waals surface area contributed by atoms with Crippen molar-refractivity contribution in [3.63, 3.8) is 0 Å². The number of carbonyl (C=O) groups is 1. The Morgan fingerprint density at radius 1 is 1.47 bits per heavy atom. The standard InChI is InChI=1S/C12H10ClIN4O/c1-18-7-10(14)11(17-18)12(19)16-15-6-8-2-4-9(13)5-3-8/h2-7H,1H3,(H,16,19)/b15-6+. The zero-order valence-electron chi connectivity index (χ0n) is 9.97. The third-order valence-corrected chi connectivity index (χ3v) is 3.29. The maximum absolute atomic E-state index is 11.8. The number of benzene rings is 1. The second-order valence-electron chi connectivity index (χ2n) is 3.75. The van der Waals surface area contributed by atoms with E-state index in [9.17, 15) is 4.79 Å². The molecule has 1 heterocycles. The predicted molar refractivity (Wildman–Crippen MR) is 82.4 cm³/mol. The molecule has 0 saturated carbocycles. The van der Waals surface area contributed by atoms with E-state index in [0.717, 1.165) is 9.13 Å². The summed E-state index contributed by atoms with van der Waals surface area (Å²) < 4.78 is 2.36. The van der Waals surface area contributed by atoms with Crippen LogP contribution in [-0.4, -0.2) is 21.9 Å². The van der Waals surface area contributed by atoms with Crippen LogP contribution in [0.3, 0.4) is 0 Å². The summed E-state index contributed by atoms with van der Waals surface area (Å²) in [7, 11) is 1.76. The Balaban J connectivity index is 2.00. The van der Waals surface area contributed by atoms with Crippen molar-refractivity contribution in [1.29, 1.82) is 0 Å². The van der Waals surface area contributed by atoms with Gasteiger partial charge in [-0.15, -0.1) is 0 Å². The van der Waals surface area contributed by atoms with E-state index in [-0.39, 0.29) is 5.91 Å². The zero-order chi connectivity index (χ0) is 13.8. The van der Waals surface area contributed by atoms with Crippen LogP contribution >= 0.6 is 34.2 Å². The van der Waals surface area contributed by atoms with Crippen molar-refractivity contribution < 1.29 is 4.79 Å². The Morgan fingerprint density at radius 3 is 2.74 bits per heavy atom. The molecule has 0 unspecified atom stereocenters. The number of aryl methyl sites for hydroxylation is 1. The second-order valence-corrected chi connectivity index (χ2v) is 5.35. The van der Waals surface area contributed by atoms with Gasteiger partial charge in [-0.05, 0) is 40.3 Å². The first-order chi connectivity index (χ1) is 9.06. The number of rotatable bonds is 3. The van der Waals surface area contributed by atoms with Crippen molar-refractivity contribution in [1.82, 2.24) is 15.2 Å². The molecule has 0 aliphatic carbocycles. The highest BCUT2D eigenvalue weighted by molar-refractivity contribution is 14.1. The van der Waals surface area contributed by atoms with E-state index in [4.69, 9.17) is 11.6 Å². The number of carbonyl (C=O) groups excluding carboxylic acids is 1. The third-order valence-electron chi connectivity index (χ3n) is 2.25. The predicted octanol–water partition coefficient (Wildman–Crippen LogP) is 2.44. The van der Waals surface area contributed by atoms with Crippen LogP contribution in [0.4, 0.5) is 0 Å². The molecule has 1 amide bonds. The second kappa shape index (κ2) is 6.16. The van der Waals surface area contributed by atoms with Crippen LogP contribution in [0.15, 0.2) is 35.6 Å². The summed E-state index contributed by atoms with van der Waals surface area (Å²) in [6, 6.07) is 7.13. The molecule has 0 atom stereocenters. The number of hydrazone groups is 1. The summed E-state index contributed by atoms with van der Waals surface area (Å²) in [6.07, 6.45) is 3.31. The van der Waals surface area contributed by atoms with Crippen LogP contribution in [0.5, 0.6) is 0 Å². The Hall–Kier alpha value is -1.41. The maximum Gasteiger partial charge on any atom is 0.292 e. The summed E-state index contributed by atoms with van der Waals surface area (Å²) >= 11 is 7.82. The lowest BCUT2D eigenvalue weighted by atomic mass is 10.2. The van der Waals surface area contributed by atoms with Crippen molar-refractivity contribution >= 4 is 46.3 Å². The van der Waals surface area contributed by atoms with E-state index in [1.165, 1.54) is 0 Å². The normalized spacial score (nSPS) is 10.9. The molecule has 5 nitrogen and oxygen atoms in total. The van der Waals surface area contributed by atoms with Gasteiger partial charge in [-0.3, -0.25) is 9.48 Å². The Labute approximate surface area is 128 Å². The minimum Gasteiger partial charge on any atom is -0.274 e. The maximum atomic E-state index is 11.8. The average molecular weight is 389 g/mol. The number of halogens is 2. The third kappa shape index (κ3) is 3.77. The first kappa shape index (κ1) is 14.0. The molecule has 0 bridgehead atoms. The highest BCUT2D eigenvalue weighted by Crippen LogP contribution is 2.09. The van der Waals surface area contributed by atoms with Gasteiger partial charge in [0, 0.05) is 18.3 Å². The van der Waals surface area contributed by atoms with E-state index < -0.39 is 0 Å². The minimum absolute atomic E-state index is 0.338. The highest BCUT2D eigenvalue weighted by Gasteiger charge is 2.13. The monoisotopic (exact) mass is 388 g/mol. The summed E-state index contributed by atoms with van der Waals surface area (Å²) in [5.41, 5.74) is 3.64. The molecule has 1 aromatic heterocycles. The van der Waals surface area contributed by atoms with Gasteiger partial charge in [0.1, 0.15) is 0 Å². The lowest BCUT2D eigenvalue weighted by Crippen LogP contribution is -2.19. The Bertz CT molecular complexity index is 621. The first-order valence-corrected chi connectivity index (χ1v) is 6.80. The molecule has 1 N–H and O–H groups in total. The molecular weight excluding hydrogens is 379 g/mol. The minimum atomic E-state index is -0.338. The number of amides is 1. The van der Waals surface area contributed by atoms with Crippen LogP contribution < -0.4 is 5.43 Å². The zero-order valence-corrected chi connectivity index (χ0v) is 12.9. The van der Waals surface area contributed by atoms with Crippen molar-refractivity contribution in [2.45, 2.75) is 0 Å². The van der Waals surface area contributed by atoms with E-state index >= 15 is 0 Å². The quantitative estimate of drug-likeness (QED) is 0.499. The van der Waals surface area contributed by atoms with Crippen LogP contribution in [-0.2, 0) is 7.05 Å². The molecule has 2 rings (SSSR count). The Morgan fingerprint density at radius 2 is 2.16 bits per heavy atom. The van der Waals surface area contributed by atoms with E-state index in [1.807, 2.05) is 12.1 Å². The van der Waals surface area contributed by atoms with E-state index in [2.05, 4.69) is 38.2 Å². The van der Waals surface area contributed by atoms with Crippen molar-refractivity contribution in [3.05, 3.63) is 50.3 Å². The fourth-order valence-corrected chi connectivity index (χ4v) is 2.26. The Kier molecular flexibility index (Phi) is 4.54. The van der Waals surface area contributed by atoms with Gasteiger partial charge in [-0.25, -0.2) is 5.43 Å². The molecule has 0 saturated heterocycles. The summed E-state index contributed by atoms with van der Waals surface area (Å²) in [5.74, 6) is -0.338. The molecule has 0 spiro atoms. The molecular formula is C12H10ClIN4O. The lowest BCUT2D eigenvalue weighted by molar-refractivity contribution is 0.0948. The molecule has 19 heavy (non-hydrogen) atoms. The van der Waals surface area contributed by atoms with Crippen molar-refractivity contribution in [2.75, 3.05) is 0 Å². The lowest BCUT2D eigenvalue weighted by Gasteiger charge is -1.96. The van der Waals surface area contributed by atoms with Gasteiger partial charge in [-0.1, -0.05) is 23.7 Å². The van der Waals surface area contributed by atoms with Gasteiger partial charge in [0.2, 0.25) is 0 Å². The summed E-state index contributed by atoms with van der Waals surface area (Å²) in [6.45, 7) is 0. The first-order valence-electron chi connectivity index (χ1n) is 5.34. The largest absolute Gasteiger partial charge is 0.292 e. The van der Waals surface area contributed by atoms with Crippen molar-refractivity contribution in [3.8, 4) is 0 Å². The smallest absolute Gasteiger partial charge is 0.274 e. The molecule has 98 valence electrons. The number of nitrogens with one attached hydrogen (secondary N) is 1.